The summed E-state index contributed by atoms with van der Waals surface area (Å²) >= 11 is 0. The Bertz CT molecular complexity index is 1120. The summed E-state index contributed by atoms with van der Waals surface area (Å²) in [7, 11) is 3.90. The van der Waals surface area contributed by atoms with Gasteiger partial charge in [0.2, 0.25) is 0 Å². The third kappa shape index (κ3) is 3.21. The van der Waals surface area contributed by atoms with Gasteiger partial charge in [-0.3, -0.25) is 9.97 Å². The molecule has 1 N–H and O–H groups in total. The zero-order chi connectivity index (χ0) is 19.5. The first-order valence-electron chi connectivity index (χ1n) is 9.19. The third-order valence-corrected chi connectivity index (χ3v) is 4.97. The van der Waals surface area contributed by atoms with Crippen molar-refractivity contribution < 1.29 is 0 Å². The van der Waals surface area contributed by atoms with Gasteiger partial charge >= 0.3 is 0 Å². The van der Waals surface area contributed by atoms with Crippen LogP contribution in [0.1, 0.15) is 0 Å². The highest BCUT2D eigenvalue weighted by Gasteiger charge is 2.12. The van der Waals surface area contributed by atoms with Crippen molar-refractivity contribution in [3.63, 3.8) is 0 Å². The molecule has 28 heavy (non-hydrogen) atoms. The van der Waals surface area contributed by atoms with Crippen molar-refractivity contribution >= 4 is 22.4 Å². The summed E-state index contributed by atoms with van der Waals surface area (Å²) in [5.41, 5.74) is 8.38. The molecule has 0 aliphatic heterocycles. The minimum absolute atomic E-state index is 0.905. The molecule has 0 saturated carbocycles. The Kier molecular flexibility index (Phi) is 4.77. The van der Waals surface area contributed by atoms with Crippen LogP contribution in [0.2, 0.25) is 0 Å². The van der Waals surface area contributed by atoms with Gasteiger partial charge in [-0.05, 0) is 41.6 Å². The molecule has 4 rings (SSSR count). The fourth-order valence-corrected chi connectivity index (χ4v) is 3.32. The van der Waals surface area contributed by atoms with Crippen LogP contribution in [0.25, 0.3) is 33.3 Å². The quantitative estimate of drug-likeness (QED) is 0.500. The van der Waals surface area contributed by atoms with Gasteiger partial charge in [0.1, 0.15) is 0 Å². The van der Waals surface area contributed by atoms with Crippen molar-refractivity contribution in [3.8, 4) is 22.3 Å². The number of hydrogen-bond acceptors (Lipinski definition) is 4. The Hall–Kier alpha value is -3.66. The number of benzene rings is 3. The number of rotatable bonds is 5. The molecule has 1 aromatic heterocycles. The lowest BCUT2D eigenvalue weighted by Gasteiger charge is -2.15. The van der Waals surface area contributed by atoms with E-state index in [2.05, 4.69) is 82.5 Å². The van der Waals surface area contributed by atoms with Crippen LogP contribution in [-0.2, 0) is 0 Å². The van der Waals surface area contributed by atoms with Crippen LogP contribution in [0.4, 0.5) is 11.4 Å². The largest absolute Gasteiger partial charge is 0.388 e. The van der Waals surface area contributed by atoms with Crippen molar-refractivity contribution in [2.24, 2.45) is 0 Å². The van der Waals surface area contributed by atoms with Crippen LogP contribution in [-0.4, -0.2) is 24.1 Å². The Morgan fingerprint density at radius 1 is 0.786 bits per heavy atom. The molecule has 3 aromatic carbocycles. The van der Waals surface area contributed by atoms with Crippen molar-refractivity contribution in [1.29, 1.82) is 0 Å². The van der Waals surface area contributed by atoms with E-state index < -0.39 is 0 Å². The van der Waals surface area contributed by atoms with E-state index >= 15 is 0 Å². The maximum Gasteiger partial charge on any atom is 0.0971 e. The van der Waals surface area contributed by atoms with Crippen LogP contribution in [0.3, 0.4) is 0 Å². The van der Waals surface area contributed by atoms with E-state index in [1.54, 1.807) is 18.6 Å². The van der Waals surface area contributed by atoms with E-state index in [-0.39, 0.29) is 0 Å². The highest BCUT2D eigenvalue weighted by Crippen LogP contribution is 2.34. The third-order valence-electron chi connectivity index (χ3n) is 4.97. The number of nitrogens with zero attached hydrogens (tertiary/aromatic N) is 3. The fourth-order valence-electron chi connectivity index (χ4n) is 3.32. The first-order valence-corrected chi connectivity index (χ1v) is 9.19. The van der Waals surface area contributed by atoms with E-state index in [1.807, 2.05) is 19.0 Å². The second kappa shape index (κ2) is 7.53. The summed E-state index contributed by atoms with van der Waals surface area (Å²) in [6.07, 6.45) is 5.29. The molecule has 0 fully saturated rings. The first kappa shape index (κ1) is 17.7. The minimum Gasteiger partial charge on any atom is -0.388 e. The van der Waals surface area contributed by atoms with E-state index in [9.17, 15) is 0 Å². The monoisotopic (exact) mass is 366 g/mol. The molecular weight excluding hydrogens is 344 g/mol. The molecule has 0 amide bonds. The number of nitrogens with one attached hydrogen (secondary N) is 1. The SMILES string of the molecule is C=CN(C)c1ccc(-c2ccc(-c3ccc(NC)cc3)c3nccnc23)cc1. The molecule has 4 aromatic rings. The van der Waals surface area contributed by atoms with Crippen molar-refractivity contribution in [3.05, 3.63) is 85.8 Å². The summed E-state index contributed by atoms with van der Waals surface area (Å²) in [6, 6.07) is 21.0. The van der Waals surface area contributed by atoms with Gasteiger partial charge in [0.15, 0.2) is 0 Å². The lowest BCUT2D eigenvalue weighted by Crippen LogP contribution is -2.06. The molecule has 0 atom stereocenters. The molecule has 0 saturated heterocycles. The maximum atomic E-state index is 4.65. The molecule has 0 radical (unpaired) electrons. The van der Waals surface area contributed by atoms with E-state index in [0.717, 1.165) is 44.7 Å². The predicted octanol–water partition coefficient (Wildman–Crippen LogP) is 5.59. The van der Waals surface area contributed by atoms with Crippen molar-refractivity contribution in [1.82, 2.24) is 9.97 Å². The zero-order valence-electron chi connectivity index (χ0n) is 16.1. The summed E-state index contributed by atoms with van der Waals surface area (Å²) in [5.74, 6) is 0. The van der Waals surface area contributed by atoms with Gasteiger partial charge in [-0.25, -0.2) is 0 Å². The molecule has 0 aliphatic rings. The molecular formula is C24H22N4. The Labute approximate surface area is 165 Å². The van der Waals surface area contributed by atoms with Crippen LogP contribution >= 0.6 is 0 Å². The summed E-state index contributed by atoms with van der Waals surface area (Å²) in [5, 5.41) is 3.15. The lowest BCUT2D eigenvalue weighted by atomic mass is 9.97. The second-order valence-electron chi connectivity index (χ2n) is 6.58. The summed E-state index contributed by atoms with van der Waals surface area (Å²) in [4.78, 5) is 11.3. The standard InChI is InChI=1S/C24H22N4/c1-4-28(3)20-11-7-18(8-12-20)22-14-13-21(23-24(22)27-16-15-26-23)17-5-9-19(25-2)10-6-17/h4-16,25H,1H2,2-3H3. The summed E-state index contributed by atoms with van der Waals surface area (Å²) < 4.78 is 0. The van der Waals surface area contributed by atoms with Gasteiger partial charge in [-0.1, -0.05) is 43.0 Å². The molecule has 0 bridgehead atoms. The van der Waals surface area contributed by atoms with E-state index in [4.69, 9.17) is 0 Å². The molecule has 0 spiro atoms. The average molecular weight is 366 g/mol. The van der Waals surface area contributed by atoms with Gasteiger partial charge in [0.25, 0.3) is 0 Å². The van der Waals surface area contributed by atoms with Gasteiger partial charge < -0.3 is 10.2 Å². The van der Waals surface area contributed by atoms with E-state index in [1.165, 1.54) is 0 Å². The second-order valence-corrected chi connectivity index (χ2v) is 6.58. The highest BCUT2D eigenvalue weighted by atomic mass is 15.1. The lowest BCUT2D eigenvalue weighted by molar-refractivity contribution is 1.21. The van der Waals surface area contributed by atoms with Crippen LogP contribution in [0.15, 0.2) is 85.8 Å². The fraction of sp³-hybridized carbons (Fsp3) is 0.0833. The maximum absolute atomic E-state index is 4.65. The van der Waals surface area contributed by atoms with Crippen LogP contribution < -0.4 is 10.2 Å². The topological polar surface area (TPSA) is 41.0 Å². The normalized spacial score (nSPS) is 10.6. The number of fused-ring (bicyclic) bond motifs is 1. The van der Waals surface area contributed by atoms with Crippen LogP contribution in [0.5, 0.6) is 0 Å². The van der Waals surface area contributed by atoms with Gasteiger partial charge in [-0.2, -0.15) is 0 Å². The molecule has 4 heteroatoms. The smallest absolute Gasteiger partial charge is 0.0971 e. The van der Waals surface area contributed by atoms with Gasteiger partial charge in [-0.15, -0.1) is 0 Å². The zero-order valence-corrected chi connectivity index (χ0v) is 16.1. The number of anilines is 2. The molecule has 4 nitrogen and oxygen atoms in total. The highest BCUT2D eigenvalue weighted by molar-refractivity contribution is 6.00. The number of aromatic nitrogens is 2. The number of hydrogen-bond donors (Lipinski definition) is 1. The minimum atomic E-state index is 0.905. The molecule has 0 unspecified atom stereocenters. The first-order chi connectivity index (χ1) is 13.7. The van der Waals surface area contributed by atoms with Gasteiger partial charge in [0.05, 0.1) is 11.0 Å². The molecule has 1 heterocycles. The van der Waals surface area contributed by atoms with E-state index in [0.29, 0.717) is 0 Å². The van der Waals surface area contributed by atoms with Crippen LogP contribution in [0, 0.1) is 0 Å². The average Bonchev–Trinajstić information content (AvgIpc) is 2.78. The predicted molar refractivity (Wildman–Crippen MR) is 119 cm³/mol. The molecule has 138 valence electrons. The molecule has 0 aliphatic carbocycles. The Morgan fingerprint density at radius 2 is 1.29 bits per heavy atom. The summed E-state index contributed by atoms with van der Waals surface area (Å²) in [6.45, 7) is 3.81. The van der Waals surface area contributed by atoms with Gasteiger partial charge in [0, 0.05) is 49.0 Å². The van der Waals surface area contributed by atoms with Crippen molar-refractivity contribution in [2.45, 2.75) is 0 Å². The van der Waals surface area contributed by atoms with Crippen molar-refractivity contribution in [2.75, 3.05) is 24.3 Å². The Balaban J connectivity index is 1.82. The Morgan fingerprint density at radius 3 is 1.75 bits per heavy atom.